The van der Waals surface area contributed by atoms with Crippen LogP contribution in [0, 0.1) is 5.41 Å². The predicted octanol–water partition coefficient (Wildman–Crippen LogP) is 2.53. The van der Waals surface area contributed by atoms with E-state index in [0.29, 0.717) is 6.42 Å². The van der Waals surface area contributed by atoms with Gasteiger partial charge in [0.15, 0.2) is 0 Å². The Morgan fingerprint density at radius 3 is 2.37 bits per heavy atom. The second kappa shape index (κ2) is 8.73. The van der Waals surface area contributed by atoms with Crippen LogP contribution in [0.4, 0.5) is 0 Å². The monoisotopic (exact) mass is 268 g/mol. The number of hydrogen-bond donors (Lipinski definition) is 2. The standard InChI is InChI=1S/C15H28N2O2/c1-5-6-7-8-14(19)17-12(11-13(16)18)9-10-15(2,3)4/h9-10,12H,5-8,11H2,1-4H3,(H2,16,18)(H,17,19)/b10-9-/t12-/m0/s1. The lowest BCUT2D eigenvalue weighted by Crippen LogP contribution is -2.36. The normalized spacial score (nSPS) is 13.5. The molecule has 0 aromatic carbocycles. The Bertz CT molecular complexity index is 317. The zero-order valence-corrected chi connectivity index (χ0v) is 12.7. The molecule has 3 N–H and O–H groups in total. The van der Waals surface area contributed by atoms with Crippen molar-refractivity contribution in [3.8, 4) is 0 Å². The molecule has 0 spiro atoms. The Morgan fingerprint density at radius 2 is 1.89 bits per heavy atom. The van der Waals surface area contributed by atoms with Crippen LogP contribution in [-0.4, -0.2) is 17.9 Å². The summed E-state index contributed by atoms with van der Waals surface area (Å²) in [6, 6.07) is -0.300. The summed E-state index contributed by atoms with van der Waals surface area (Å²) in [6.45, 7) is 8.29. The summed E-state index contributed by atoms with van der Waals surface area (Å²) in [7, 11) is 0. The number of hydrogen-bond acceptors (Lipinski definition) is 2. The molecule has 4 nitrogen and oxygen atoms in total. The molecule has 110 valence electrons. The SMILES string of the molecule is CCCCCC(=O)N[C@@H](/C=C\C(C)(C)C)CC(N)=O. The van der Waals surface area contributed by atoms with Crippen LogP contribution in [-0.2, 0) is 9.59 Å². The molecule has 0 aliphatic rings. The van der Waals surface area contributed by atoms with Crippen molar-refractivity contribution in [3.63, 3.8) is 0 Å². The molecule has 0 aromatic heterocycles. The molecular formula is C15H28N2O2. The average molecular weight is 268 g/mol. The molecule has 0 aliphatic carbocycles. The van der Waals surface area contributed by atoms with E-state index in [4.69, 9.17) is 5.73 Å². The number of allylic oxidation sites excluding steroid dienone is 1. The van der Waals surface area contributed by atoms with Gasteiger partial charge in [-0.05, 0) is 11.8 Å². The maximum atomic E-state index is 11.7. The molecular weight excluding hydrogens is 240 g/mol. The highest BCUT2D eigenvalue weighted by Crippen LogP contribution is 2.15. The smallest absolute Gasteiger partial charge is 0.220 e. The third kappa shape index (κ3) is 11.5. The molecule has 0 bridgehead atoms. The van der Waals surface area contributed by atoms with Crippen molar-refractivity contribution in [2.45, 2.75) is 65.8 Å². The van der Waals surface area contributed by atoms with Crippen molar-refractivity contribution >= 4 is 11.8 Å². The van der Waals surface area contributed by atoms with Crippen molar-refractivity contribution in [2.75, 3.05) is 0 Å². The van der Waals surface area contributed by atoms with Crippen LogP contribution in [0.25, 0.3) is 0 Å². The number of carbonyl (C=O) groups is 2. The fourth-order valence-corrected chi connectivity index (χ4v) is 1.60. The van der Waals surface area contributed by atoms with E-state index in [1.807, 2.05) is 12.2 Å². The number of primary amides is 1. The van der Waals surface area contributed by atoms with Crippen LogP contribution in [0.3, 0.4) is 0 Å². The van der Waals surface area contributed by atoms with Gasteiger partial charge in [-0.2, -0.15) is 0 Å². The lowest BCUT2D eigenvalue weighted by molar-refractivity contribution is -0.122. The Labute approximate surface area is 116 Å². The van der Waals surface area contributed by atoms with Gasteiger partial charge in [-0.1, -0.05) is 52.7 Å². The molecule has 0 radical (unpaired) electrons. The van der Waals surface area contributed by atoms with Crippen molar-refractivity contribution in [1.82, 2.24) is 5.32 Å². The minimum atomic E-state index is -0.405. The van der Waals surface area contributed by atoms with E-state index in [9.17, 15) is 9.59 Å². The van der Waals surface area contributed by atoms with Crippen LogP contribution >= 0.6 is 0 Å². The lowest BCUT2D eigenvalue weighted by atomic mass is 9.95. The zero-order chi connectivity index (χ0) is 14.9. The van der Waals surface area contributed by atoms with Gasteiger partial charge in [0.1, 0.15) is 0 Å². The van der Waals surface area contributed by atoms with Gasteiger partial charge in [0.2, 0.25) is 11.8 Å². The van der Waals surface area contributed by atoms with E-state index in [1.165, 1.54) is 0 Å². The molecule has 0 rings (SSSR count). The van der Waals surface area contributed by atoms with Gasteiger partial charge in [-0.15, -0.1) is 0 Å². The molecule has 0 saturated heterocycles. The third-order valence-electron chi connectivity index (χ3n) is 2.60. The molecule has 0 fully saturated rings. The summed E-state index contributed by atoms with van der Waals surface area (Å²) in [5, 5.41) is 2.85. The Balaban J connectivity index is 4.38. The van der Waals surface area contributed by atoms with Crippen LogP contribution < -0.4 is 11.1 Å². The molecule has 0 aliphatic heterocycles. The highest BCUT2D eigenvalue weighted by atomic mass is 16.2. The van der Waals surface area contributed by atoms with Gasteiger partial charge >= 0.3 is 0 Å². The molecule has 1 atom stereocenters. The number of nitrogens with one attached hydrogen (secondary N) is 1. The highest BCUT2D eigenvalue weighted by molar-refractivity contribution is 5.79. The van der Waals surface area contributed by atoms with Gasteiger partial charge in [0.25, 0.3) is 0 Å². The number of amides is 2. The summed E-state index contributed by atoms with van der Waals surface area (Å²) >= 11 is 0. The van der Waals surface area contributed by atoms with Crippen LogP contribution in [0.5, 0.6) is 0 Å². The zero-order valence-electron chi connectivity index (χ0n) is 12.7. The second-order valence-corrected chi connectivity index (χ2v) is 6.03. The summed E-state index contributed by atoms with van der Waals surface area (Å²) in [6.07, 6.45) is 7.52. The summed E-state index contributed by atoms with van der Waals surface area (Å²) < 4.78 is 0. The number of carbonyl (C=O) groups excluding carboxylic acids is 2. The van der Waals surface area contributed by atoms with Crippen LogP contribution in [0.2, 0.25) is 0 Å². The van der Waals surface area contributed by atoms with E-state index in [-0.39, 0.29) is 23.8 Å². The van der Waals surface area contributed by atoms with Crippen molar-refractivity contribution in [1.29, 1.82) is 0 Å². The van der Waals surface area contributed by atoms with Crippen molar-refractivity contribution < 1.29 is 9.59 Å². The Morgan fingerprint density at radius 1 is 1.26 bits per heavy atom. The van der Waals surface area contributed by atoms with E-state index >= 15 is 0 Å². The molecule has 19 heavy (non-hydrogen) atoms. The van der Waals surface area contributed by atoms with Crippen molar-refractivity contribution in [2.24, 2.45) is 11.1 Å². The summed E-state index contributed by atoms with van der Waals surface area (Å²) in [4.78, 5) is 22.8. The second-order valence-electron chi connectivity index (χ2n) is 6.03. The number of unbranched alkanes of at least 4 members (excludes halogenated alkanes) is 2. The van der Waals surface area contributed by atoms with E-state index < -0.39 is 5.91 Å². The number of nitrogens with two attached hydrogens (primary N) is 1. The molecule has 0 saturated carbocycles. The predicted molar refractivity (Wildman–Crippen MR) is 78.5 cm³/mol. The third-order valence-corrected chi connectivity index (χ3v) is 2.60. The first-order chi connectivity index (χ1) is 8.74. The van der Waals surface area contributed by atoms with Gasteiger partial charge in [0, 0.05) is 6.42 Å². The molecule has 2 amide bonds. The quantitative estimate of drug-likeness (QED) is 0.524. The first kappa shape index (κ1) is 17.7. The maximum Gasteiger partial charge on any atom is 0.220 e. The van der Waals surface area contributed by atoms with E-state index in [1.54, 1.807) is 0 Å². The minimum Gasteiger partial charge on any atom is -0.370 e. The first-order valence-corrected chi connectivity index (χ1v) is 7.01. The summed E-state index contributed by atoms with van der Waals surface area (Å²) in [5.41, 5.74) is 5.22. The van der Waals surface area contributed by atoms with Gasteiger partial charge in [0.05, 0.1) is 12.5 Å². The topological polar surface area (TPSA) is 72.2 Å². The lowest BCUT2D eigenvalue weighted by Gasteiger charge is -2.17. The highest BCUT2D eigenvalue weighted by Gasteiger charge is 2.13. The van der Waals surface area contributed by atoms with Crippen LogP contribution in [0.15, 0.2) is 12.2 Å². The average Bonchev–Trinajstić information content (AvgIpc) is 2.24. The first-order valence-electron chi connectivity index (χ1n) is 7.01. The fraction of sp³-hybridized carbons (Fsp3) is 0.733. The van der Waals surface area contributed by atoms with Crippen LogP contribution in [0.1, 0.15) is 59.8 Å². The minimum absolute atomic E-state index is 0.0155. The van der Waals surface area contributed by atoms with Gasteiger partial charge < -0.3 is 11.1 Å². The fourth-order valence-electron chi connectivity index (χ4n) is 1.60. The Hall–Kier alpha value is -1.32. The number of rotatable bonds is 8. The Kier molecular flexibility index (Phi) is 8.12. The van der Waals surface area contributed by atoms with E-state index in [2.05, 4.69) is 33.0 Å². The molecule has 0 aromatic rings. The van der Waals surface area contributed by atoms with E-state index in [0.717, 1.165) is 19.3 Å². The maximum absolute atomic E-state index is 11.7. The van der Waals surface area contributed by atoms with Gasteiger partial charge in [-0.25, -0.2) is 0 Å². The molecule has 0 heterocycles. The molecule has 0 unspecified atom stereocenters. The van der Waals surface area contributed by atoms with Crippen molar-refractivity contribution in [3.05, 3.63) is 12.2 Å². The largest absolute Gasteiger partial charge is 0.370 e. The van der Waals surface area contributed by atoms with Gasteiger partial charge in [-0.3, -0.25) is 9.59 Å². The molecule has 4 heteroatoms. The summed E-state index contributed by atoms with van der Waals surface area (Å²) in [5.74, 6) is -0.421.